The number of benzene rings is 5. The van der Waals surface area contributed by atoms with Gasteiger partial charge < -0.3 is 67.5 Å². The number of esters is 4. The summed E-state index contributed by atoms with van der Waals surface area (Å²) in [7, 11) is 0. The Bertz CT molecular complexity index is 3290. The minimum Gasteiger partial charge on any atom is -0.459 e. The molecule has 0 aromatic heterocycles. The Balaban J connectivity index is 1.03. The molecule has 3 fully saturated rings. The number of hydrogen-bond acceptors (Lipinski definition) is 19. The molecule has 26 heteroatoms. The van der Waals surface area contributed by atoms with Gasteiger partial charge in [-0.15, -0.1) is 0 Å². The van der Waals surface area contributed by atoms with Gasteiger partial charge in [0.15, 0.2) is 36.6 Å². The van der Waals surface area contributed by atoms with Crippen LogP contribution in [0.3, 0.4) is 0 Å². The number of carbonyl (C=O) groups excluding carboxylic acids is 6. The van der Waals surface area contributed by atoms with Crippen molar-refractivity contribution in [2.24, 2.45) is 5.11 Å². The maximum atomic E-state index is 14.3. The van der Waals surface area contributed by atoms with Crippen LogP contribution in [0.5, 0.6) is 0 Å². The van der Waals surface area contributed by atoms with Crippen LogP contribution >= 0.6 is 34.8 Å². The largest absolute Gasteiger partial charge is 0.459 e. The fourth-order valence-electron chi connectivity index (χ4n) is 10.5. The van der Waals surface area contributed by atoms with E-state index >= 15 is 0 Å². The van der Waals surface area contributed by atoms with Crippen LogP contribution in [0.15, 0.2) is 145 Å². The fourth-order valence-corrected chi connectivity index (χ4v) is 10.7. The summed E-state index contributed by atoms with van der Waals surface area (Å²) >= 11 is 17.9. The van der Waals surface area contributed by atoms with Crippen molar-refractivity contribution < 1.29 is 85.6 Å². The Morgan fingerprint density at radius 3 is 1.72 bits per heavy atom. The highest BCUT2D eigenvalue weighted by Crippen LogP contribution is 2.45. The van der Waals surface area contributed by atoms with Crippen molar-refractivity contribution in [1.29, 1.82) is 0 Å². The number of carbonyl (C=O) groups is 6. The second-order valence-electron chi connectivity index (χ2n) is 22.3. The first-order valence-corrected chi connectivity index (χ1v) is 29.2. The molecule has 3 saturated heterocycles. The molecule has 0 saturated carbocycles. The Morgan fingerprint density at radius 1 is 0.636 bits per heavy atom. The van der Waals surface area contributed by atoms with Crippen molar-refractivity contribution in [3.8, 4) is 11.1 Å². The van der Waals surface area contributed by atoms with Crippen LogP contribution in [0.1, 0.15) is 89.7 Å². The average Bonchev–Trinajstić information content (AvgIpc) is 1.57. The van der Waals surface area contributed by atoms with E-state index in [9.17, 15) is 34.3 Å². The molecule has 9 rings (SSSR count). The highest BCUT2D eigenvalue weighted by molar-refractivity contribution is 6.67. The van der Waals surface area contributed by atoms with E-state index in [1.165, 1.54) is 43.3 Å². The van der Waals surface area contributed by atoms with E-state index in [1.807, 2.05) is 48.5 Å². The molecule has 4 aliphatic rings. The number of alkyl carbamates (subject to hydrolysis) is 2. The van der Waals surface area contributed by atoms with Crippen LogP contribution in [0, 0.1) is 0 Å². The molecule has 466 valence electrons. The molecule has 12 atom stereocenters. The Hall–Kier alpha value is -7.54. The first-order valence-electron chi connectivity index (χ1n) is 28.0. The monoisotopic (exact) mass is 1270 g/mol. The molecule has 5 aromatic carbocycles. The van der Waals surface area contributed by atoms with Crippen LogP contribution in [-0.4, -0.2) is 151 Å². The molecule has 0 spiro atoms. The molecule has 0 unspecified atom stereocenters. The third-order valence-electron chi connectivity index (χ3n) is 14.4. The topological polar surface area (TPSA) is 286 Å². The van der Waals surface area contributed by atoms with Gasteiger partial charge in [-0.25, -0.2) is 28.8 Å². The fraction of sp³-hybridized carbons (Fsp3) is 0.419. The van der Waals surface area contributed by atoms with Crippen molar-refractivity contribution in [1.82, 2.24) is 10.6 Å². The summed E-state index contributed by atoms with van der Waals surface area (Å²) in [6, 6.07) is 34.4. The van der Waals surface area contributed by atoms with E-state index in [0.29, 0.717) is 0 Å². The smallest absolute Gasteiger partial charge is 0.407 e. The van der Waals surface area contributed by atoms with Crippen LogP contribution < -0.4 is 10.6 Å². The number of nitrogens with zero attached hydrogens (tertiary/aromatic N) is 3. The average molecular weight is 1270 g/mol. The van der Waals surface area contributed by atoms with Crippen LogP contribution in [0.25, 0.3) is 21.6 Å². The number of hydrogen-bond donors (Lipinski definition) is 2. The van der Waals surface area contributed by atoms with Crippen LogP contribution in [-0.2, 0) is 61.6 Å². The summed E-state index contributed by atoms with van der Waals surface area (Å²) < 4.78 is 72.0. The summed E-state index contributed by atoms with van der Waals surface area (Å²) in [6.45, 7) is 7.43. The summed E-state index contributed by atoms with van der Waals surface area (Å²) in [5.74, 6) is -5.33. The van der Waals surface area contributed by atoms with E-state index < -0.39 is 144 Å². The lowest BCUT2D eigenvalue weighted by Gasteiger charge is -2.46. The number of nitrogens with one attached hydrogen (secondary N) is 2. The number of amides is 2. The molecule has 2 N–H and O–H groups in total. The minimum absolute atomic E-state index is 0.0315. The van der Waals surface area contributed by atoms with E-state index in [1.54, 1.807) is 89.2 Å². The van der Waals surface area contributed by atoms with E-state index in [4.69, 9.17) is 91.6 Å². The number of halogens is 3. The van der Waals surface area contributed by atoms with Gasteiger partial charge in [0.25, 0.3) is 0 Å². The molecule has 3 heterocycles. The van der Waals surface area contributed by atoms with Crippen molar-refractivity contribution in [3.05, 3.63) is 178 Å². The highest BCUT2D eigenvalue weighted by Gasteiger charge is 2.58. The number of alkyl halides is 3. The van der Waals surface area contributed by atoms with E-state index in [-0.39, 0.29) is 29.2 Å². The van der Waals surface area contributed by atoms with E-state index in [0.717, 1.165) is 22.3 Å². The number of rotatable bonds is 20. The van der Waals surface area contributed by atoms with Gasteiger partial charge in [-0.3, -0.25) is 0 Å². The highest BCUT2D eigenvalue weighted by atomic mass is 35.6. The Kier molecular flexibility index (Phi) is 20.9. The normalized spacial score (nSPS) is 24.3. The van der Waals surface area contributed by atoms with Crippen molar-refractivity contribution in [3.63, 3.8) is 0 Å². The number of fused-ring (bicyclic) bond motifs is 4. The lowest BCUT2D eigenvalue weighted by Crippen LogP contribution is -2.67. The molecule has 3 aliphatic heterocycles. The zero-order valence-corrected chi connectivity index (χ0v) is 50.7. The maximum absolute atomic E-state index is 14.3. The van der Waals surface area contributed by atoms with Crippen LogP contribution in [0.4, 0.5) is 9.59 Å². The van der Waals surface area contributed by atoms with Gasteiger partial charge in [0.05, 0.1) is 29.4 Å². The molecule has 5 aromatic rings. The summed E-state index contributed by atoms with van der Waals surface area (Å²) in [6.07, 6.45) is -15.7. The Morgan fingerprint density at radius 2 is 1.16 bits per heavy atom. The number of azide groups is 1. The summed E-state index contributed by atoms with van der Waals surface area (Å²) in [4.78, 5) is 87.0. The Labute approximate surface area is 521 Å². The standard InChI is InChI=1S/C62H64Cl3N5O18/c1-34(45(55(74)88-60(2,3)4)67-58(75)79-30-42-40-28-18-16-26-38(40)39-27-17-19-29-41(39)42)81-57-47(69-70-66)51-49(86-61(5,6)87-51)44(83-57)32-78-56-46(68-59(76)80-33-62(63,64)65)50(85-54(73)37-24-14-9-15-25-37)48(84-53(72)36-22-12-8-13-23-36)43(82-56)31-77-52(71)35-20-10-7-11-21-35/h7-29,34,42-51,56-57H,30-33H2,1-6H3,(H,67,75)(H,68,76)/t34-,43-,44-,45+,46-,47-,48-,49+,50-,51-,56-,57+/m1/s1. The lowest BCUT2D eigenvalue weighted by atomic mass is 9.95. The van der Waals surface area contributed by atoms with Gasteiger partial charge in [-0.1, -0.05) is 143 Å². The molecular formula is C62H64Cl3N5O18. The summed E-state index contributed by atoms with van der Waals surface area (Å²) in [5, 5.41) is 9.21. The van der Waals surface area contributed by atoms with Gasteiger partial charge in [0.1, 0.15) is 61.9 Å². The third-order valence-corrected chi connectivity index (χ3v) is 14.7. The second kappa shape index (κ2) is 28.3. The minimum atomic E-state index is -2.10. The zero-order chi connectivity index (χ0) is 62.9. The van der Waals surface area contributed by atoms with Gasteiger partial charge in [0, 0.05) is 10.8 Å². The van der Waals surface area contributed by atoms with Gasteiger partial charge in [-0.2, -0.15) is 0 Å². The predicted octanol–water partition coefficient (Wildman–Crippen LogP) is 10.1. The van der Waals surface area contributed by atoms with Crippen molar-refractivity contribution >= 4 is 70.9 Å². The summed E-state index contributed by atoms with van der Waals surface area (Å²) in [5.41, 5.74) is 13.1. The molecule has 23 nitrogen and oxygen atoms in total. The van der Waals surface area contributed by atoms with Gasteiger partial charge in [-0.05, 0) is 106 Å². The molecule has 0 bridgehead atoms. The predicted molar refractivity (Wildman–Crippen MR) is 315 cm³/mol. The first-order chi connectivity index (χ1) is 42.0. The lowest BCUT2D eigenvalue weighted by molar-refractivity contribution is -0.298. The van der Waals surface area contributed by atoms with Gasteiger partial charge in [0.2, 0.25) is 3.79 Å². The molecule has 1 aliphatic carbocycles. The molecule has 2 amide bonds. The van der Waals surface area contributed by atoms with Crippen molar-refractivity contribution in [2.75, 3.05) is 26.4 Å². The van der Waals surface area contributed by atoms with Crippen molar-refractivity contribution in [2.45, 2.75) is 136 Å². The number of ether oxygens (including phenoxy) is 12. The third kappa shape index (κ3) is 16.4. The van der Waals surface area contributed by atoms with E-state index in [2.05, 4.69) is 20.7 Å². The molecule has 0 radical (unpaired) electrons. The SMILES string of the molecule is C[C@@H](O[C@H]1O[C@H](CO[C@@H]2O[C@H](COC(=O)c3ccccc3)[C@@H](OC(=O)c3ccccc3)[C@H](OC(=O)c3ccccc3)[C@H]2NC(=O)OCC(Cl)(Cl)Cl)[C@@H]2OC(C)(C)O[C@@H]2[C@H]1N=[N+]=[N-])[C@H](NC(=O)OCC1c2ccccc2-c2ccccc21)C(=O)OC(C)(C)C. The maximum Gasteiger partial charge on any atom is 0.407 e. The van der Waals surface area contributed by atoms with Gasteiger partial charge >= 0.3 is 36.1 Å². The quantitative estimate of drug-likeness (QED) is 0.0183. The first kappa shape index (κ1) is 64.9. The van der Waals surface area contributed by atoms with Crippen LogP contribution in [0.2, 0.25) is 0 Å². The molecule has 88 heavy (non-hydrogen) atoms. The second-order valence-corrected chi connectivity index (χ2v) is 24.8. The molecular weight excluding hydrogens is 1210 g/mol. The zero-order valence-electron chi connectivity index (χ0n) is 48.4.